The second-order valence-electron chi connectivity index (χ2n) is 5.41. The predicted octanol–water partition coefficient (Wildman–Crippen LogP) is 0.0689. The zero-order valence-electron chi connectivity index (χ0n) is 11.9. The van der Waals surface area contributed by atoms with Gasteiger partial charge in [-0.2, -0.15) is 0 Å². The first-order valence-corrected chi connectivity index (χ1v) is 6.85. The number of likely N-dealkylation sites (N-methyl/N-ethyl adjacent to an activating group) is 1. The molecule has 0 aromatic rings. The molecule has 0 aromatic carbocycles. The number of nitrogens with one attached hydrogen (secondary N) is 2. The van der Waals surface area contributed by atoms with Crippen molar-refractivity contribution in [2.24, 2.45) is 5.92 Å². The van der Waals surface area contributed by atoms with E-state index in [4.69, 9.17) is 4.74 Å². The van der Waals surface area contributed by atoms with Gasteiger partial charge in [-0.1, -0.05) is 13.8 Å². The second-order valence-corrected chi connectivity index (χ2v) is 5.41. The van der Waals surface area contributed by atoms with Gasteiger partial charge in [-0.05, 0) is 13.0 Å². The molecule has 5 heteroatoms. The van der Waals surface area contributed by atoms with E-state index in [1.54, 1.807) is 0 Å². The molecule has 1 atom stereocenters. The summed E-state index contributed by atoms with van der Waals surface area (Å²) in [6.45, 7) is 9.26. The topological polar surface area (TPSA) is 53.6 Å². The third-order valence-electron chi connectivity index (χ3n) is 2.95. The first-order chi connectivity index (χ1) is 8.58. The lowest BCUT2D eigenvalue weighted by atomic mass is 10.2. The van der Waals surface area contributed by atoms with Gasteiger partial charge in [0.2, 0.25) is 5.91 Å². The van der Waals surface area contributed by atoms with Crippen LogP contribution >= 0.6 is 0 Å². The van der Waals surface area contributed by atoms with Gasteiger partial charge >= 0.3 is 0 Å². The van der Waals surface area contributed by atoms with Gasteiger partial charge in [0.1, 0.15) is 0 Å². The molecule has 0 bridgehead atoms. The summed E-state index contributed by atoms with van der Waals surface area (Å²) in [5.74, 6) is 0.631. The molecular formula is C13H27N3O2. The van der Waals surface area contributed by atoms with Gasteiger partial charge in [-0.25, -0.2) is 0 Å². The number of hydrogen-bond acceptors (Lipinski definition) is 4. The Morgan fingerprint density at radius 1 is 1.50 bits per heavy atom. The fraction of sp³-hybridized carbons (Fsp3) is 0.923. The van der Waals surface area contributed by atoms with Crippen LogP contribution in [0, 0.1) is 5.92 Å². The van der Waals surface area contributed by atoms with Crippen molar-refractivity contribution in [3.05, 3.63) is 0 Å². The van der Waals surface area contributed by atoms with Crippen molar-refractivity contribution in [1.29, 1.82) is 0 Å². The van der Waals surface area contributed by atoms with Gasteiger partial charge < -0.3 is 20.3 Å². The normalized spacial score (nSPS) is 21.2. The number of hydrogen-bond donors (Lipinski definition) is 2. The molecule has 0 spiro atoms. The minimum atomic E-state index is 0.123. The maximum absolute atomic E-state index is 11.5. The Hall–Kier alpha value is -0.650. The predicted molar refractivity (Wildman–Crippen MR) is 72.6 cm³/mol. The minimum absolute atomic E-state index is 0.123. The van der Waals surface area contributed by atoms with E-state index in [1.807, 2.05) is 0 Å². The molecule has 1 fully saturated rings. The molecule has 0 aromatic heterocycles. The van der Waals surface area contributed by atoms with Gasteiger partial charge in [0.15, 0.2) is 0 Å². The molecule has 0 saturated carbocycles. The van der Waals surface area contributed by atoms with Gasteiger partial charge in [-0.3, -0.25) is 4.79 Å². The summed E-state index contributed by atoms with van der Waals surface area (Å²) >= 11 is 0. The Balaban J connectivity index is 1.99. The molecule has 1 unspecified atom stereocenters. The Morgan fingerprint density at radius 2 is 2.28 bits per heavy atom. The number of carbonyl (C=O) groups excluding carboxylic acids is 1. The summed E-state index contributed by atoms with van der Waals surface area (Å²) in [6.07, 6.45) is 0.789. The van der Waals surface area contributed by atoms with Crippen LogP contribution in [0.2, 0.25) is 0 Å². The van der Waals surface area contributed by atoms with Crippen LogP contribution in [0.5, 0.6) is 0 Å². The Bertz CT molecular complexity index is 246. The highest BCUT2D eigenvalue weighted by Crippen LogP contribution is 2.01. The highest BCUT2D eigenvalue weighted by Gasteiger charge is 2.16. The Kier molecular flexibility index (Phi) is 7.23. The van der Waals surface area contributed by atoms with Crippen LogP contribution in [-0.4, -0.2) is 63.3 Å². The van der Waals surface area contributed by atoms with Crippen LogP contribution in [0.25, 0.3) is 0 Å². The lowest BCUT2D eigenvalue weighted by Crippen LogP contribution is -2.45. The van der Waals surface area contributed by atoms with E-state index in [0.29, 0.717) is 18.9 Å². The maximum atomic E-state index is 11.5. The summed E-state index contributed by atoms with van der Waals surface area (Å²) < 4.78 is 5.63. The fourth-order valence-corrected chi connectivity index (χ4v) is 1.86. The van der Waals surface area contributed by atoms with Crippen LogP contribution in [0.1, 0.15) is 20.3 Å². The van der Waals surface area contributed by atoms with E-state index in [1.165, 1.54) is 0 Å². The molecule has 1 aliphatic rings. The van der Waals surface area contributed by atoms with Crippen LogP contribution < -0.4 is 10.6 Å². The van der Waals surface area contributed by atoms with E-state index >= 15 is 0 Å². The summed E-state index contributed by atoms with van der Waals surface area (Å²) in [5.41, 5.74) is 0. The number of carbonyl (C=O) groups is 1. The number of amides is 1. The monoisotopic (exact) mass is 257 g/mol. The van der Waals surface area contributed by atoms with Crippen molar-refractivity contribution in [3.63, 3.8) is 0 Å². The molecule has 1 aliphatic heterocycles. The molecule has 1 rings (SSSR count). The molecule has 1 amide bonds. The smallest absolute Gasteiger partial charge is 0.221 e. The summed E-state index contributed by atoms with van der Waals surface area (Å²) in [5, 5.41) is 6.19. The van der Waals surface area contributed by atoms with Crippen molar-refractivity contribution in [2.45, 2.75) is 26.4 Å². The molecule has 18 heavy (non-hydrogen) atoms. The summed E-state index contributed by atoms with van der Waals surface area (Å²) in [6, 6.07) is 0. The quantitative estimate of drug-likeness (QED) is 0.634. The van der Waals surface area contributed by atoms with E-state index in [2.05, 4.69) is 36.4 Å². The van der Waals surface area contributed by atoms with E-state index < -0.39 is 0 Å². The molecular weight excluding hydrogens is 230 g/mol. The van der Waals surface area contributed by atoms with E-state index in [-0.39, 0.29) is 12.0 Å². The highest BCUT2D eigenvalue weighted by molar-refractivity contribution is 5.76. The molecule has 1 saturated heterocycles. The number of rotatable bonds is 7. The van der Waals surface area contributed by atoms with Crippen molar-refractivity contribution in [1.82, 2.24) is 15.5 Å². The van der Waals surface area contributed by atoms with Gasteiger partial charge in [0.05, 0.1) is 12.7 Å². The Morgan fingerprint density at radius 3 is 2.94 bits per heavy atom. The molecule has 1 heterocycles. The number of ether oxygens (including phenoxy) is 1. The molecule has 106 valence electrons. The molecule has 0 aliphatic carbocycles. The van der Waals surface area contributed by atoms with E-state index in [9.17, 15) is 4.79 Å². The van der Waals surface area contributed by atoms with Gasteiger partial charge in [-0.15, -0.1) is 0 Å². The van der Waals surface area contributed by atoms with Gasteiger partial charge in [0.25, 0.3) is 0 Å². The largest absolute Gasteiger partial charge is 0.374 e. The van der Waals surface area contributed by atoms with Crippen molar-refractivity contribution in [2.75, 3.05) is 46.4 Å². The molecule has 5 nitrogen and oxygen atoms in total. The third-order valence-corrected chi connectivity index (χ3v) is 2.95. The lowest BCUT2D eigenvalue weighted by molar-refractivity contribution is -0.121. The molecule has 0 radical (unpaired) electrons. The Labute approximate surface area is 110 Å². The minimum Gasteiger partial charge on any atom is -0.374 e. The molecule has 2 N–H and O–H groups in total. The average molecular weight is 257 g/mol. The van der Waals surface area contributed by atoms with Gasteiger partial charge in [0, 0.05) is 39.1 Å². The zero-order chi connectivity index (χ0) is 13.4. The number of morpholine rings is 1. The van der Waals surface area contributed by atoms with Crippen LogP contribution in [-0.2, 0) is 9.53 Å². The number of nitrogens with zero attached hydrogens (tertiary/aromatic N) is 1. The standard InChI is InChI=1S/C13H27N3O2/c1-11(2)8-15-13(17)4-5-14-9-12-10-16(3)6-7-18-12/h11-12,14H,4-10H2,1-3H3,(H,15,17). The van der Waals surface area contributed by atoms with E-state index in [0.717, 1.165) is 32.8 Å². The first kappa shape index (κ1) is 15.4. The van der Waals surface area contributed by atoms with Crippen molar-refractivity contribution in [3.8, 4) is 0 Å². The average Bonchev–Trinajstić information content (AvgIpc) is 2.32. The highest BCUT2D eigenvalue weighted by atomic mass is 16.5. The van der Waals surface area contributed by atoms with Crippen molar-refractivity contribution < 1.29 is 9.53 Å². The summed E-state index contributed by atoms with van der Waals surface area (Å²) in [7, 11) is 2.11. The van der Waals surface area contributed by atoms with Crippen LogP contribution in [0.4, 0.5) is 0 Å². The maximum Gasteiger partial charge on any atom is 0.221 e. The third kappa shape index (κ3) is 6.93. The van der Waals surface area contributed by atoms with Crippen LogP contribution in [0.15, 0.2) is 0 Å². The van der Waals surface area contributed by atoms with Crippen LogP contribution in [0.3, 0.4) is 0 Å². The lowest BCUT2D eigenvalue weighted by Gasteiger charge is -2.30. The first-order valence-electron chi connectivity index (χ1n) is 6.85. The summed E-state index contributed by atoms with van der Waals surface area (Å²) in [4.78, 5) is 13.7. The fourth-order valence-electron chi connectivity index (χ4n) is 1.86. The second kappa shape index (κ2) is 8.45. The van der Waals surface area contributed by atoms with Crippen molar-refractivity contribution >= 4 is 5.91 Å². The SMILES string of the molecule is CC(C)CNC(=O)CCNCC1CN(C)CCO1. The zero-order valence-corrected chi connectivity index (χ0v) is 11.9.